The molecule has 2 heterocycles. The molecule has 146 valence electrons. The van der Waals surface area contributed by atoms with E-state index in [1.54, 1.807) is 11.0 Å². The van der Waals surface area contributed by atoms with E-state index in [0.717, 1.165) is 30.5 Å². The Hall–Kier alpha value is -1.61. The van der Waals surface area contributed by atoms with E-state index in [4.69, 9.17) is 0 Å². The van der Waals surface area contributed by atoms with Crippen molar-refractivity contribution in [1.82, 2.24) is 9.88 Å². The Bertz CT molecular complexity index is 898. The normalized spacial score (nSPS) is 11.0. The number of carbonyl (C=O) groups is 1. The Kier molecular flexibility index (Phi) is 7.67. The van der Waals surface area contributed by atoms with Gasteiger partial charge >= 0.3 is 0 Å². The Balaban J connectivity index is 0.00000261. The number of hydrogen-bond acceptors (Lipinski definition) is 5. The van der Waals surface area contributed by atoms with Crippen molar-refractivity contribution in [3.8, 4) is 0 Å². The lowest BCUT2D eigenvalue weighted by Crippen LogP contribution is -2.38. The minimum Gasteiger partial charge on any atom is -0.302 e. The van der Waals surface area contributed by atoms with Gasteiger partial charge in [0.05, 0.1) is 9.58 Å². The summed E-state index contributed by atoms with van der Waals surface area (Å²) in [6, 6.07) is 5.63. The van der Waals surface area contributed by atoms with Crippen LogP contribution >= 0.6 is 35.1 Å². The first kappa shape index (κ1) is 21.7. The second kappa shape index (κ2) is 9.54. The maximum atomic E-state index is 14.0. The fraction of sp³-hybridized carbons (Fsp3) is 0.333. The third-order valence-electron chi connectivity index (χ3n) is 4.14. The lowest BCUT2D eigenvalue weighted by molar-refractivity contribution is 0.0987. The highest BCUT2D eigenvalue weighted by atomic mass is 35.5. The molecule has 2 aromatic heterocycles. The molecule has 4 nitrogen and oxygen atoms in total. The van der Waals surface area contributed by atoms with Gasteiger partial charge < -0.3 is 4.90 Å². The van der Waals surface area contributed by atoms with Gasteiger partial charge in [-0.3, -0.25) is 9.69 Å². The van der Waals surface area contributed by atoms with Crippen LogP contribution in [0, 0.1) is 11.6 Å². The number of nitrogens with zero attached hydrogens (tertiary/aromatic N) is 3. The van der Waals surface area contributed by atoms with Crippen LogP contribution in [0.15, 0.2) is 29.6 Å². The number of benzene rings is 1. The van der Waals surface area contributed by atoms with Crippen LogP contribution in [0.25, 0.3) is 10.2 Å². The predicted octanol–water partition coefficient (Wildman–Crippen LogP) is 5.05. The summed E-state index contributed by atoms with van der Waals surface area (Å²) in [5.74, 6) is -1.54. The number of anilines is 1. The van der Waals surface area contributed by atoms with Crippen molar-refractivity contribution in [3.63, 3.8) is 0 Å². The van der Waals surface area contributed by atoms with Crippen molar-refractivity contribution < 1.29 is 13.6 Å². The molecule has 3 aromatic rings. The lowest BCUT2D eigenvalue weighted by atomic mass is 10.3. The summed E-state index contributed by atoms with van der Waals surface area (Å²) >= 11 is 2.48. The Morgan fingerprint density at radius 3 is 2.56 bits per heavy atom. The van der Waals surface area contributed by atoms with Crippen LogP contribution in [-0.4, -0.2) is 42.0 Å². The number of halogens is 3. The minimum atomic E-state index is -0.713. The summed E-state index contributed by atoms with van der Waals surface area (Å²) in [5.41, 5.74) is 0.0956. The maximum absolute atomic E-state index is 14.0. The van der Waals surface area contributed by atoms with Gasteiger partial charge in [-0.2, -0.15) is 0 Å². The molecule has 0 N–H and O–H groups in total. The number of likely N-dealkylation sites (N-methyl/N-ethyl adjacent to an activating group) is 1. The van der Waals surface area contributed by atoms with Gasteiger partial charge in [0.15, 0.2) is 10.9 Å². The average molecular weight is 432 g/mol. The van der Waals surface area contributed by atoms with Gasteiger partial charge in [0.25, 0.3) is 5.91 Å². The molecule has 1 aromatic carbocycles. The van der Waals surface area contributed by atoms with Gasteiger partial charge in [-0.15, -0.1) is 23.7 Å². The van der Waals surface area contributed by atoms with Gasteiger partial charge in [0.2, 0.25) is 0 Å². The van der Waals surface area contributed by atoms with Gasteiger partial charge in [-0.05, 0) is 30.6 Å². The van der Waals surface area contributed by atoms with Crippen molar-refractivity contribution in [2.45, 2.75) is 13.8 Å². The molecule has 0 aliphatic carbocycles. The molecule has 0 radical (unpaired) electrons. The number of aromatic nitrogens is 1. The summed E-state index contributed by atoms with van der Waals surface area (Å²) in [4.78, 5) is 21.6. The summed E-state index contributed by atoms with van der Waals surface area (Å²) in [7, 11) is 0. The molecule has 0 atom stereocenters. The third kappa shape index (κ3) is 4.82. The summed E-state index contributed by atoms with van der Waals surface area (Å²) in [5, 5.41) is 2.22. The number of rotatable bonds is 7. The van der Waals surface area contributed by atoms with E-state index in [1.165, 1.54) is 17.4 Å². The van der Waals surface area contributed by atoms with Crippen molar-refractivity contribution in [2.24, 2.45) is 0 Å². The molecule has 0 aliphatic rings. The minimum absolute atomic E-state index is 0. The summed E-state index contributed by atoms with van der Waals surface area (Å²) in [6.07, 6.45) is 0. The fourth-order valence-corrected chi connectivity index (χ4v) is 4.36. The predicted molar refractivity (Wildman–Crippen MR) is 111 cm³/mol. The van der Waals surface area contributed by atoms with Crippen molar-refractivity contribution in [2.75, 3.05) is 31.1 Å². The first-order valence-electron chi connectivity index (χ1n) is 8.36. The van der Waals surface area contributed by atoms with Crippen LogP contribution in [0.2, 0.25) is 0 Å². The quantitative estimate of drug-likeness (QED) is 0.525. The Morgan fingerprint density at radius 2 is 1.93 bits per heavy atom. The van der Waals surface area contributed by atoms with E-state index in [2.05, 4.69) is 23.7 Å². The van der Waals surface area contributed by atoms with Gasteiger partial charge in [0.1, 0.15) is 11.3 Å². The Morgan fingerprint density at radius 1 is 1.19 bits per heavy atom. The van der Waals surface area contributed by atoms with E-state index in [9.17, 15) is 13.6 Å². The van der Waals surface area contributed by atoms with Crippen LogP contribution in [0.4, 0.5) is 13.9 Å². The van der Waals surface area contributed by atoms with Crippen LogP contribution in [0.1, 0.15) is 23.5 Å². The van der Waals surface area contributed by atoms with Crippen LogP contribution < -0.4 is 4.90 Å². The SMILES string of the molecule is CCN(CC)CCN(C(=O)c1cccs1)c1nc2c(F)cc(F)cc2s1.Cl. The molecule has 0 bridgehead atoms. The number of hydrogen-bond donors (Lipinski definition) is 0. The van der Waals surface area contributed by atoms with Crippen LogP contribution in [0.5, 0.6) is 0 Å². The maximum Gasteiger partial charge on any atom is 0.270 e. The third-order valence-corrected chi connectivity index (χ3v) is 6.03. The van der Waals surface area contributed by atoms with E-state index < -0.39 is 11.6 Å². The zero-order chi connectivity index (χ0) is 18.7. The average Bonchev–Trinajstić information content (AvgIpc) is 3.28. The highest BCUT2D eigenvalue weighted by molar-refractivity contribution is 7.22. The molecule has 1 amide bonds. The first-order chi connectivity index (χ1) is 12.5. The van der Waals surface area contributed by atoms with E-state index in [-0.39, 0.29) is 23.8 Å². The molecule has 3 rings (SSSR count). The van der Waals surface area contributed by atoms with Crippen LogP contribution in [0.3, 0.4) is 0 Å². The van der Waals surface area contributed by atoms with Crippen molar-refractivity contribution in [1.29, 1.82) is 0 Å². The highest BCUT2D eigenvalue weighted by Crippen LogP contribution is 2.32. The highest BCUT2D eigenvalue weighted by Gasteiger charge is 2.23. The molecular weight excluding hydrogens is 412 g/mol. The van der Waals surface area contributed by atoms with Crippen molar-refractivity contribution >= 4 is 56.3 Å². The van der Waals surface area contributed by atoms with E-state index >= 15 is 0 Å². The molecule has 0 saturated carbocycles. The topological polar surface area (TPSA) is 36.4 Å². The number of amides is 1. The van der Waals surface area contributed by atoms with Gasteiger partial charge in [-0.25, -0.2) is 13.8 Å². The number of thiophene rings is 1. The molecule has 9 heteroatoms. The first-order valence-corrected chi connectivity index (χ1v) is 10.1. The van der Waals surface area contributed by atoms with Crippen LogP contribution in [-0.2, 0) is 0 Å². The second-order valence-electron chi connectivity index (χ2n) is 5.69. The zero-order valence-electron chi connectivity index (χ0n) is 14.9. The zero-order valence-corrected chi connectivity index (χ0v) is 17.4. The van der Waals surface area contributed by atoms with E-state index in [1.807, 2.05) is 11.4 Å². The molecular formula is C18H20ClF2N3OS2. The van der Waals surface area contributed by atoms with Gasteiger partial charge in [-0.1, -0.05) is 31.3 Å². The molecule has 0 unspecified atom stereocenters. The Labute approximate surface area is 170 Å². The molecule has 0 spiro atoms. The largest absolute Gasteiger partial charge is 0.302 e. The standard InChI is InChI=1S/C18H19F2N3OS2.ClH/c1-3-22(4-2)7-8-23(17(24)14-6-5-9-25-14)18-21-16-13(20)10-12(19)11-15(16)26-18;/h5-6,9-11H,3-4,7-8H2,1-2H3;1H. The lowest BCUT2D eigenvalue weighted by Gasteiger charge is -2.24. The molecule has 0 fully saturated rings. The molecule has 0 aliphatic heterocycles. The van der Waals surface area contributed by atoms with Gasteiger partial charge in [0, 0.05) is 19.2 Å². The van der Waals surface area contributed by atoms with Crippen molar-refractivity contribution in [3.05, 3.63) is 46.2 Å². The summed E-state index contributed by atoms with van der Waals surface area (Å²) < 4.78 is 27.9. The molecule has 0 saturated heterocycles. The molecule has 27 heavy (non-hydrogen) atoms. The summed E-state index contributed by atoms with van der Waals surface area (Å²) in [6.45, 7) is 6.98. The van der Waals surface area contributed by atoms with E-state index in [0.29, 0.717) is 27.8 Å². The second-order valence-corrected chi connectivity index (χ2v) is 7.65. The number of thiazole rings is 1. The fourth-order valence-electron chi connectivity index (χ4n) is 2.66. The smallest absolute Gasteiger partial charge is 0.270 e. The number of fused-ring (bicyclic) bond motifs is 1. The monoisotopic (exact) mass is 431 g/mol. The number of carbonyl (C=O) groups excluding carboxylic acids is 1.